The van der Waals surface area contributed by atoms with Crippen LogP contribution in [0.4, 0.5) is 5.82 Å². The highest BCUT2D eigenvalue weighted by atomic mass is 32.2. The first kappa shape index (κ1) is 16.3. The monoisotopic (exact) mass is 315 g/mol. The molecule has 0 spiro atoms. The predicted molar refractivity (Wildman–Crippen MR) is 83.2 cm³/mol. The van der Waals surface area contributed by atoms with Crippen molar-refractivity contribution in [3.05, 3.63) is 12.3 Å². The Hall–Kier alpha value is -1.12. The first-order chi connectivity index (χ1) is 9.87. The second-order valence-corrected chi connectivity index (χ2v) is 7.56. The number of piperidine rings is 1. The zero-order chi connectivity index (χ0) is 15.5. The van der Waals surface area contributed by atoms with Gasteiger partial charge in [-0.3, -0.25) is 9.40 Å². The lowest BCUT2D eigenvalue weighted by Crippen LogP contribution is -2.43. The summed E-state index contributed by atoms with van der Waals surface area (Å²) in [6, 6.07) is 2.12. The fraction of sp³-hybridized carbons (Fsp3) is 0.769. The molecular formula is C13H25N5O2S. The van der Waals surface area contributed by atoms with Crippen molar-refractivity contribution < 1.29 is 8.42 Å². The molecule has 0 unspecified atom stereocenters. The lowest BCUT2D eigenvalue weighted by atomic mass is 9.98. The van der Waals surface area contributed by atoms with E-state index < -0.39 is 10.2 Å². The Bertz CT molecular complexity index is 547. The molecule has 2 N–H and O–H groups in total. The molecule has 0 saturated carbocycles. The van der Waals surface area contributed by atoms with Crippen molar-refractivity contribution in [1.82, 2.24) is 19.4 Å². The van der Waals surface area contributed by atoms with Crippen molar-refractivity contribution in [2.45, 2.75) is 32.7 Å². The Morgan fingerprint density at radius 1 is 1.38 bits per heavy atom. The van der Waals surface area contributed by atoms with Crippen LogP contribution in [0.15, 0.2) is 12.3 Å². The minimum absolute atomic E-state index is 0.362. The molecule has 0 aromatic carbocycles. The second-order valence-electron chi connectivity index (χ2n) is 5.89. The lowest BCUT2D eigenvalue weighted by Gasteiger charge is -2.31. The van der Waals surface area contributed by atoms with Gasteiger partial charge in [-0.25, -0.2) is 0 Å². The van der Waals surface area contributed by atoms with Gasteiger partial charge in [0, 0.05) is 38.4 Å². The molecule has 1 aromatic rings. The normalized spacial score (nSPS) is 18.3. The maximum Gasteiger partial charge on any atom is 0.302 e. The van der Waals surface area contributed by atoms with Crippen molar-refractivity contribution in [2.75, 3.05) is 24.4 Å². The molecule has 1 fully saturated rings. The molecule has 1 aromatic heterocycles. The summed E-state index contributed by atoms with van der Waals surface area (Å²) in [5.41, 5.74) is 0. The first-order valence-electron chi connectivity index (χ1n) is 7.38. The average molecular weight is 315 g/mol. The van der Waals surface area contributed by atoms with Gasteiger partial charge in [-0.05, 0) is 25.3 Å². The SMILES string of the molecule is CC(C)NCC1CCN(S(=O)(=O)Nc2ccn(C)n2)CC1. The summed E-state index contributed by atoms with van der Waals surface area (Å²) in [7, 11) is -1.74. The Morgan fingerprint density at radius 3 is 2.57 bits per heavy atom. The first-order valence-corrected chi connectivity index (χ1v) is 8.82. The lowest BCUT2D eigenvalue weighted by molar-refractivity contribution is 0.265. The van der Waals surface area contributed by atoms with E-state index >= 15 is 0 Å². The topological polar surface area (TPSA) is 79.3 Å². The van der Waals surface area contributed by atoms with E-state index in [1.807, 2.05) is 0 Å². The van der Waals surface area contributed by atoms with Crippen LogP contribution in [0.3, 0.4) is 0 Å². The maximum absolute atomic E-state index is 12.3. The summed E-state index contributed by atoms with van der Waals surface area (Å²) < 4.78 is 30.2. The molecule has 2 heterocycles. The summed E-state index contributed by atoms with van der Waals surface area (Å²) in [5, 5.41) is 7.46. The second kappa shape index (κ2) is 6.76. The number of rotatable bonds is 6. The summed E-state index contributed by atoms with van der Waals surface area (Å²) >= 11 is 0. The third-order valence-corrected chi connectivity index (χ3v) is 5.19. The number of aromatic nitrogens is 2. The number of nitrogens with one attached hydrogen (secondary N) is 2. The van der Waals surface area contributed by atoms with Crippen molar-refractivity contribution >= 4 is 16.0 Å². The van der Waals surface area contributed by atoms with Gasteiger partial charge in [0.25, 0.3) is 0 Å². The molecule has 0 atom stereocenters. The quantitative estimate of drug-likeness (QED) is 0.813. The molecule has 0 aliphatic carbocycles. The zero-order valence-electron chi connectivity index (χ0n) is 12.9. The minimum atomic E-state index is -3.49. The van der Waals surface area contributed by atoms with E-state index in [0.717, 1.165) is 19.4 Å². The minimum Gasteiger partial charge on any atom is -0.314 e. The standard InChI is InChI=1S/C13H25N5O2S/c1-11(2)14-10-12-4-8-18(9-5-12)21(19,20)16-13-6-7-17(3)15-13/h6-7,11-12,14H,4-5,8-10H2,1-3H3,(H,15,16). The maximum atomic E-state index is 12.3. The van der Waals surface area contributed by atoms with Gasteiger partial charge in [0.1, 0.15) is 0 Å². The van der Waals surface area contributed by atoms with Crippen molar-refractivity contribution in [3.8, 4) is 0 Å². The van der Waals surface area contributed by atoms with Crippen LogP contribution in [0.1, 0.15) is 26.7 Å². The van der Waals surface area contributed by atoms with Crippen LogP contribution >= 0.6 is 0 Å². The van der Waals surface area contributed by atoms with Crippen molar-refractivity contribution in [2.24, 2.45) is 13.0 Å². The van der Waals surface area contributed by atoms with Gasteiger partial charge >= 0.3 is 10.2 Å². The molecule has 120 valence electrons. The molecule has 21 heavy (non-hydrogen) atoms. The number of hydrogen-bond donors (Lipinski definition) is 2. The van der Waals surface area contributed by atoms with E-state index in [4.69, 9.17) is 0 Å². The predicted octanol–water partition coefficient (Wildman–Crippen LogP) is 0.787. The van der Waals surface area contributed by atoms with Gasteiger partial charge < -0.3 is 5.32 Å². The Balaban J connectivity index is 1.86. The summed E-state index contributed by atoms with van der Waals surface area (Å²) in [6.45, 7) is 6.32. The molecule has 1 aliphatic heterocycles. The summed E-state index contributed by atoms with van der Waals surface area (Å²) in [6.07, 6.45) is 3.49. The summed E-state index contributed by atoms with van der Waals surface area (Å²) in [5.74, 6) is 0.912. The largest absolute Gasteiger partial charge is 0.314 e. The molecule has 0 amide bonds. The molecule has 1 aliphatic rings. The van der Waals surface area contributed by atoms with Crippen LogP contribution in [0.25, 0.3) is 0 Å². The van der Waals surface area contributed by atoms with E-state index in [9.17, 15) is 8.42 Å². The Morgan fingerprint density at radius 2 is 2.05 bits per heavy atom. The van der Waals surface area contributed by atoms with E-state index in [-0.39, 0.29) is 0 Å². The Kier molecular flexibility index (Phi) is 5.23. The fourth-order valence-electron chi connectivity index (χ4n) is 2.42. The molecule has 2 rings (SSSR count). The van der Waals surface area contributed by atoms with Crippen LogP contribution in [0.5, 0.6) is 0 Å². The van der Waals surface area contributed by atoms with E-state index in [2.05, 4.69) is 29.0 Å². The number of nitrogens with zero attached hydrogens (tertiary/aromatic N) is 3. The van der Waals surface area contributed by atoms with Gasteiger partial charge in [0.2, 0.25) is 0 Å². The summed E-state index contributed by atoms with van der Waals surface area (Å²) in [4.78, 5) is 0. The Labute approximate surface area is 126 Å². The van der Waals surface area contributed by atoms with Crippen LogP contribution in [-0.4, -0.2) is 48.2 Å². The van der Waals surface area contributed by atoms with Gasteiger partial charge in [0.05, 0.1) is 0 Å². The number of hydrogen-bond acceptors (Lipinski definition) is 4. The third-order valence-electron chi connectivity index (χ3n) is 3.68. The van der Waals surface area contributed by atoms with Crippen LogP contribution in [0, 0.1) is 5.92 Å². The van der Waals surface area contributed by atoms with Crippen LogP contribution < -0.4 is 10.0 Å². The van der Waals surface area contributed by atoms with E-state index in [1.165, 1.54) is 4.31 Å². The van der Waals surface area contributed by atoms with Crippen LogP contribution in [0.2, 0.25) is 0 Å². The highest BCUT2D eigenvalue weighted by molar-refractivity contribution is 7.90. The van der Waals surface area contributed by atoms with Crippen molar-refractivity contribution in [1.29, 1.82) is 0 Å². The average Bonchev–Trinajstić information content (AvgIpc) is 2.81. The van der Waals surface area contributed by atoms with Gasteiger partial charge in [0.15, 0.2) is 5.82 Å². The molecular weight excluding hydrogens is 290 g/mol. The molecule has 8 heteroatoms. The highest BCUT2D eigenvalue weighted by Crippen LogP contribution is 2.20. The van der Waals surface area contributed by atoms with E-state index in [0.29, 0.717) is 30.9 Å². The number of anilines is 1. The molecule has 7 nitrogen and oxygen atoms in total. The van der Waals surface area contributed by atoms with Gasteiger partial charge in [-0.15, -0.1) is 0 Å². The molecule has 1 saturated heterocycles. The van der Waals surface area contributed by atoms with Gasteiger partial charge in [-0.1, -0.05) is 13.8 Å². The smallest absolute Gasteiger partial charge is 0.302 e. The molecule has 0 radical (unpaired) electrons. The van der Waals surface area contributed by atoms with Crippen molar-refractivity contribution in [3.63, 3.8) is 0 Å². The molecule has 0 bridgehead atoms. The van der Waals surface area contributed by atoms with E-state index in [1.54, 1.807) is 24.0 Å². The fourth-order valence-corrected chi connectivity index (χ4v) is 3.62. The third kappa shape index (κ3) is 4.69. The zero-order valence-corrected chi connectivity index (χ0v) is 13.7. The van der Waals surface area contributed by atoms with Crippen LogP contribution in [-0.2, 0) is 17.3 Å². The van der Waals surface area contributed by atoms with Gasteiger partial charge in [-0.2, -0.15) is 17.8 Å². The highest BCUT2D eigenvalue weighted by Gasteiger charge is 2.28. The number of aryl methyl sites for hydroxylation is 1.